The van der Waals surface area contributed by atoms with E-state index >= 15 is 0 Å². The molecule has 0 saturated carbocycles. The van der Waals surface area contributed by atoms with E-state index in [4.69, 9.17) is 5.73 Å². The van der Waals surface area contributed by atoms with E-state index in [1.807, 2.05) is 31.2 Å². The third-order valence-electron chi connectivity index (χ3n) is 3.70. The van der Waals surface area contributed by atoms with E-state index in [2.05, 4.69) is 29.1 Å². The molecule has 5 nitrogen and oxygen atoms in total. The van der Waals surface area contributed by atoms with Crippen LogP contribution in [0, 0.1) is 5.92 Å². The van der Waals surface area contributed by atoms with Gasteiger partial charge >= 0.3 is 0 Å². The van der Waals surface area contributed by atoms with Crippen LogP contribution in [0.3, 0.4) is 0 Å². The molecule has 2 unspecified atom stereocenters. The molecular weight excluding hydrogens is 276 g/mol. The highest BCUT2D eigenvalue weighted by atomic mass is 16.2. The molecule has 0 aliphatic carbocycles. The number of nitrogens with zero attached hydrogens (tertiary/aromatic N) is 1. The van der Waals surface area contributed by atoms with E-state index in [9.17, 15) is 4.79 Å². The lowest BCUT2D eigenvalue weighted by Gasteiger charge is -2.21. The fourth-order valence-corrected chi connectivity index (χ4v) is 2.57. The molecule has 1 heterocycles. The molecule has 2 rings (SSSR count). The third-order valence-corrected chi connectivity index (χ3v) is 3.70. The van der Waals surface area contributed by atoms with E-state index in [0.29, 0.717) is 12.3 Å². The first-order chi connectivity index (χ1) is 10.5. The number of nitrogens with one attached hydrogen (secondary N) is 2. The van der Waals surface area contributed by atoms with E-state index in [1.165, 1.54) is 0 Å². The minimum absolute atomic E-state index is 0.104. The van der Waals surface area contributed by atoms with Gasteiger partial charge in [0.25, 0.3) is 0 Å². The summed E-state index contributed by atoms with van der Waals surface area (Å²) in [5.41, 5.74) is 7.82. The van der Waals surface area contributed by atoms with E-state index < -0.39 is 6.04 Å². The summed E-state index contributed by atoms with van der Waals surface area (Å²) in [6.45, 7) is 6.29. The van der Waals surface area contributed by atoms with E-state index in [1.54, 1.807) is 0 Å². The van der Waals surface area contributed by atoms with Gasteiger partial charge < -0.3 is 16.0 Å². The molecule has 0 spiro atoms. The number of hydrogen-bond acceptors (Lipinski definition) is 3. The van der Waals surface area contributed by atoms with Crippen LogP contribution in [0.25, 0.3) is 11.0 Å². The van der Waals surface area contributed by atoms with Crippen molar-refractivity contribution >= 4 is 16.9 Å². The van der Waals surface area contributed by atoms with Crippen molar-refractivity contribution in [2.45, 2.75) is 52.1 Å². The molecule has 0 fully saturated rings. The summed E-state index contributed by atoms with van der Waals surface area (Å²) < 4.78 is 0. The summed E-state index contributed by atoms with van der Waals surface area (Å²) >= 11 is 0. The number of rotatable bonds is 7. The van der Waals surface area contributed by atoms with Gasteiger partial charge in [0, 0.05) is 0 Å². The van der Waals surface area contributed by atoms with Crippen LogP contribution in [-0.4, -0.2) is 21.9 Å². The first-order valence-electron chi connectivity index (χ1n) is 8.01. The van der Waals surface area contributed by atoms with Crippen LogP contribution >= 0.6 is 0 Å². The predicted octanol–water partition coefficient (Wildman–Crippen LogP) is 2.89. The fraction of sp³-hybridized carbons (Fsp3) is 0.529. The highest BCUT2D eigenvalue weighted by Crippen LogP contribution is 2.22. The molecule has 0 bridgehead atoms. The maximum atomic E-state index is 12.2. The Balaban J connectivity index is 2.20. The third kappa shape index (κ3) is 4.07. The van der Waals surface area contributed by atoms with Gasteiger partial charge in [0.15, 0.2) is 0 Å². The van der Waals surface area contributed by atoms with Gasteiger partial charge in [0.1, 0.15) is 5.82 Å². The van der Waals surface area contributed by atoms with Crippen molar-refractivity contribution in [2.75, 3.05) is 0 Å². The molecule has 4 N–H and O–H groups in total. The minimum atomic E-state index is -0.455. The quantitative estimate of drug-likeness (QED) is 0.735. The summed E-state index contributed by atoms with van der Waals surface area (Å²) in [4.78, 5) is 20.2. The number of imidazole rings is 1. The van der Waals surface area contributed by atoms with Crippen LogP contribution in [0.4, 0.5) is 0 Å². The first-order valence-corrected chi connectivity index (χ1v) is 8.01. The monoisotopic (exact) mass is 302 g/mol. The van der Waals surface area contributed by atoms with Gasteiger partial charge in [-0.15, -0.1) is 0 Å². The molecule has 2 atom stereocenters. The number of fused-ring (bicyclic) bond motifs is 1. The molecular formula is C17H26N4O. The van der Waals surface area contributed by atoms with Crippen molar-refractivity contribution in [1.82, 2.24) is 15.3 Å². The first kappa shape index (κ1) is 16.5. The number of aromatic amines is 1. The summed E-state index contributed by atoms with van der Waals surface area (Å²) in [5.74, 6) is 1.14. The molecule has 0 saturated heterocycles. The van der Waals surface area contributed by atoms with Gasteiger partial charge in [0.2, 0.25) is 5.91 Å². The normalized spacial score (nSPS) is 14.2. The molecule has 120 valence electrons. The van der Waals surface area contributed by atoms with Gasteiger partial charge in [-0.05, 0) is 30.9 Å². The van der Waals surface area contributed by atoms with Gasteiger partial charge in [-0.1, -0.05) is 39.3 Å². The number of nitrogens with two attached hydrogens (primary N) is 1. The number of para-hydroxylation sites is 2. The minimum Gasteiger partial charge on any atom is -0.345 e. The summed E-state index contributed by atoms with van der Waals surface area (Å²) in [6, 6.07) is 7.29. The Kier molecular flexibility index (Phi) is 5.55. The van der Waals surface area contributed by atoms with Gasteiger partial charge in [-0.25, -0.2) is 4.98 Å². The number of carbonyl (C=O) groups is 1. The lowest BCUT2D eigenvalue weighted by molar-refractivity contribution is -0.123. The van der Waals surface area contributed by atoms with Crippen LogP contribution in [0.15, 0.2) is 24.3 Å². The number of benzene rings is 1. The van der Waals surface area contributed by atoms with Crippen molar-refractivity contribution in [3.05, 3.63) is 30.1 Å². The smallest absolute Gasteiger partial charge is 0.237 e. The van der Waals surface area contributed by atoms with Crippen molar-refractivity contribution in [1.29, 1.82) is 0 Å². The Labute approximate surface area is 131 Å². The second-order valence-corrected chi connectivity index (χ2v) is 6.23. The molecule has 22 heavy (non-hydrogen) atoms. The van der Waals surface area contributed by atoms with Crippen molar-refractivity contribution < 1.29 is 4.79 Å². The maximum Gasteiger partial charge on any atom is 0.237 e. The van der Waals surface area contributed by atoms with Crippen LogP contribution in [-0.2, 0) is 4.79 Å². The Bertz CT molecular complexity index is 587. The number of hydrogen-bond donors (Lipinski definition) is 3. The van der Waals surface area contributed by atoms with E-state index in [-0.39, 0.29) is 11.9 Å². The molecule has 5 heteroatoms. The lowest BCUT2D eigenvalue weighted by Crippen LogP contribution is -2.42. The summed E-state index contributed by atoms with van der Waals surface area (Å²) in [5, 5.41) is 3.05. The number of carbonyl (C=O) groups excluding carboxylic acids is 1. The average molecular weight is 302 g/mol. The largest absolute Gasteiger partial charge is 0.345 e. The predicted molar refractivity (Wildman–Crippen MR) is 89.3 cm³/mol. The molecule has 0 radical (unpaired) electrons. The number of H-pyrrole nitrogens is 1. The zero-order valence-electron chi connectivity index (χ0n) is 13.6. The number of aromatic nitrogens is 2. The Morgan fingerprint density at radius 1 is 1.36 bits per heavy atom. The van der Waals surface area contributed by atoms with Crippen LogP contribution in [0.5, 0.6) is 0 Å². The van der Waals surface area contributed by atoms with Crippen LogP contribution in [0.1, 0.15) is 51.9 Å². The Morgan fingerprint density at radius 2 is 2.09 bits per heavy atom. The molecule has 1 aromatic carbocycles. The van der Waals surface area contributed by atoms with Crippen LogP contribution in [0.2, 0.25) is 0 Å². The van der Waals surface area contributed by atoms with Crippen molar-refractivity contribution in [2.24, 2.45) is 11.7 Å². The van der Waals surface area contributed by atoms with E-state index in [0.717, 1.165) is 29.7 Å². The molecule has 0 aliphatic rings. The average Bonchev–Trinajstić information content (AvgIpc) is 2.90. The van der Waals surface area contributed by atoms with Gasteiger partial charge in [0.05, 0.1) is 23.1 Å². The standard InChI is InChI=1S/C17H26N4O/c1-4-7-12(18)17(22)21-15(10-11(2)3)16-19-13-8-5-6-9-14(13)20-16/h5-6,8-9,11-12,15H,4,7,10,18H2,1-3H3,(H,19,20)(H,21,22). The van der Waals surface area contributed by atoms with Crippen molar-refractivity contribution in [3.63, 3.8) is 0 Å². The maximum absolute atomic E-state index is 12.2. The molecule has 0 aliphatic heterocycles. The molecule has 1 aromatic heterocycles. The SMILES string of the molecule is CCCC(N)C(=O)NC(CC(C)C)c1nc2ccccc2[nH]1. The Hall–Kier alpha value is -1.88. The topological polar surface area (TPSA) is 83.8 Å². The lowest BCUT2D eigenvalue weighted by atomic mass is 10.0. The van der Waals surface area contributed by atoms with Crippen molar-refractivity contribution in [3.8, 4) is 0 Å². The fourth-order valence-electron chi connectivity index (χ4n) is 2.57. The van der Waals surface area contributed by atoms with Gasteiger partial charge in [-0.3, -0.25) is 4.79 Å². The zero-order chi connectivity index (χ0) is 16.1. The highest BCUT2D eigenvalue weighted by molar-refractivity contribution is 5.82. The Morgan fingerprint density at radius 3 is 2.73 bits per heavy atom. The summed E-state index contributed by atoms with van der Waals surface area (Å²) in [7, 11) is 0. The second-order valence-electron chi connectivity index (χ2n) is 6.23. The second kappa shape index (κ2) is 7.40. The number of amides is 1. The summed E-state index contributed by atoms with van der Waals surface area (Å²) in [6.07, 6.45) is 2.42. The van der Waals surface area contributed by atoms with Crippen LogP contribution < -0.4 is 11.1 Å². The molecule has 1 amide bonds. The van der Waals surface area contributed by atoms with Gasteiger partial charge in [-0.2, -0.15) is 0 Å². The zero-order valence-corrected chi connectivity index (χ0v) is 13.6. The highest BCUT2D eigenvalue weighted by Gasteiger charge is 2.22. The molecule has 2 aromatic rings.